The van der Waals surface area contributed by atoms with Gasteiger partial charge in [-0.05, 0) is 23.8 Å². The monoisotopic (exact) mass is 268 g/mol. The smallest absolute Gasteiger partial charge is 0.335 e. The van der Waals surface area contributed by atoms with Crippen LogP contribution in [0.15, 0.2) is 54.7 Å². The summed E-state index contributed by atoms with van der Waals surface area (Å²) in [7, 11) is 0. The van der Waals surface area contributed by atoms with Gasteiger partial charge in [0.05, 0.1) is 5.56 Å². The van der Waals surface area contributed by atoms with Gasteiger partial charge in [0.2, 0.25) is 5.91 Å². The lowest BCUT2D eigenvalue weighted by atomic mass is 10.2. The Morgan fingerprint density at radius 2 is 1.90 bits per heavy atom. The molecule has 0 atom stereocenters. The van der Waals surface area contributed by atoms with Gasteiger partial charge < -0.3 is 10.4 Å². The molecule has 2 N–H and O–H groups in total. The van der Waals surface area contributed by atoms with E-state index in [0.29, 0.717) is 0 Å². The first-order valence-corrected chi connectivity index (χ1v) is 5.88. The summed E-state index contributed by atoms with van der Waals surface area (Å²) in [4.78, 5) is 26.4. The molecule has 1 aromatic heterocycles. The number of benzene rings is 1. The second-order valence-electron chi connectivity index (χ2n) is 3.97. The Kier molecular flexibility index (Phi) is 4.24. The highest BCUT2D eigenvalue weighted by molar-refractivity contribution is 6.01. The summed E-state index contributed by atoms with van der Waals surface area (Å²) >= 11 is 0. The van der Waals surface area contributed by atoms with Crippen molar-refractivity contribution in [2.24, 2.45) is 0 Å². The van der Waals surface area contributed by atoms with Crippen molar-refractivity contribution in [3.63, 3.8) is 0 Å². The standard InChI is InChI=1S/C15H12N2O3/c18-14(7-6-11-4-2-1-3-5-11)17-13-10-12(15(19)20)8-9-16-13/h1-10H,(H,19,20)(H,16,17,18)/b7-6+. The van der Waals surface area contributed by atoms with E-state index in [0.717, 1.165) is 5.56 Å². The number of aromatic nitrogens is 1. The number of anilines is 1. The third-order valence-corrected chi connectivity index (χ3v) is 2.48. The minimum Gasteiger partial charge on any atom is -0.478 e. The Labute approximate surface area is 115 Å². The fourth-order valence-corrected chi connectivity index (χ4v) is 1.54. The third-order valence-electron chi connectivity index (χ3n) is 2.48. The molecule has 0 unspecified atom stereocenters. The van der Waals surface area contributed by atoms with Gasteiger partial charge in [-0.25, -0.2) is 9.78 Å². The molecule has 0 saturated heterocycles. The molecule has 0 spiro atoms. The zero-order chi connectivity index (χ0) is 14.4. The number of hydrogen-bond acceptors (Lipinski definition) is 3. The minimum atomic E-state index is -1.07. The Hall–Kier alpha value is -2.95. The molecule has 0 fully saturated rings. The highest BCUT2D eigenvalue weighted by atomic mass is 16.4. The van der Waals surface area contributed by atoms with Crippen LogP contribution in [0.2, 0.25) is 0 Å². The summed E-state index contributed by atoms with van der Waals surface area (Å²) in [6.45, 7) is 0. The van der Waals surface area contributed by atoms with Crippen LogP contribution in [-0.4, -0.2) is 22.0 Å². The van der Waals surface area contributed by atoms with E-state index in [1.165, 1.54) is 24.4 Å². The highest BCUT2D eigenvalue weighted by Crippen LogP contribution is 2.07. The van der Waals surface area contributed by atoms with Gasteiger partial charge in [-0.15, -0.1) is 0 Å². The van der Waals surface area contributed by atoms with Crippen molar-refractivity contribution in [3.05, 3.63) is 65.9 Å². The van der Waals surface area contributed by atoms with Gasteiger partial charge in [-0.1, -0.05) is 30.3 Å². The molecule has 0 aliphatic rings. The van der Waals surface area contributed by atoms with E-state index in [1.54, 1.807) is 6.08 Å². The summed E-state index contributed by atoms with van der Waals surface area (Å²) in [5, 5.41) is 11.3. The first-order chi connectivity index (χ1) is 9.65. The van der Waals surface area contributed by atoms with E-state index < -0.39 is 5.97 Å². The van der Waals surface area contributed by atoms with Gasteiger partial charge in [0.1, 0.15) is 5.82 Å². The molecule has 0 bridgehead atoms. The molecule has 2 rings (SSSR count). The molecule has 1 amide bonds. The van der Waals surface area contributed by atoms with Crippen LogP contribution < -0.4 is 5.32 Å². The number of aromatic carboxylic acids is 1. The zero-order valence-electron chi connectivity index (χ0n) is 10.5. The maximum absolute atomic E-state index is 11.7. The topological polar surface area (TPSA) is 79.3 Å². The molecular formula is C15H12N2O3. The molecule has 100 valence electrons. The Balaban J connectivity index is 2.03. The van der Waals surface area contributed by atoms with Crippen molar-refractivity contribution in [2.75, 3.05) is 5.32 Å². The number of nitrogens with one attached hydrogen (secondary N) is 1. The Morgan fingerprint density at radius 3 is 2.60 bits per heavy atom. The second-order valence-corrected chi connectivity index (χ2v) is 3.97. The van der Waals surface area contributed by atoms with Gasteiger partial charge in [0.15, 0.2) is 0 Å². The number of amides is 1. The van der Waals surface area contributed by atoms with E-state index in [9.17, 15) is 9.59 Å². The van der Waals surface area contributed by atoms with Crippen LogP contribution in [0.5, 0.6) is 0 Å². The molecule has 20 heavy (non-hydrogen) atoms. The van der Waals surface area contributed by atoms with Gasteiger partial charge in [-0.3, -0.25) is 4.79 Å². The molecule has 0 saturated carbocycles. The van der Waals surface area contributed by atoms with Gasteiger partial charge >= 0.3 is 5.97 Å². The predicted molar refractivity (Wildman–Crippen MR) is 75.3 cm³/mol. The number of carbonyl (C=O) groups is 2. The van der Waals surface area contributed by atoms with Crippen LogP contribution in [-0.2, 0) is 4.79 Å². The largest absolute Gasteiger partial charge is 0.478 e. The van der Waals surface area contributed by atoms with E-state index in [2.05, 4.69) is 10.3 Å². The van der Waals surface area contributed by atoms with Gasteiger partial charge in [0.25, 0.3) is 0 Å². The molecule has 2 aromatic rings. The summed E-state index contributed by atoms with van der Waals surface area (Å²) < 4.78 is 0. The third kappa shape index (κ3) is 3.78. The molecule has 0 aliphatic carbocycles. The summed E-state index contributed by atoms with van der Waals surface area (Å²) in [5.74, 6) is -1.24. The lowest BCUT2D eigenvalue weighted by Crippen LogP contribution is -2.10. The Bertz CT molecular complexity index is 651. The molecule has 0 radical (unpaired) electrons. The first kappa shape index (κ1) is 13.5. The average Bonchev–Trinajstić information content (AvgIpc) is 2.46. The number of carbonyl (C=O) groups excluding carboxylic acids is 1. The SMILES string of the molecule is O=C(/C=C/c1ccccc1)Nc1cc(C(=O)O)ccn1. The molecule has 1 aromatic carbocycles. The summed E-state index contributed by atoms with van der Waals surface area (Å²) in [5.41, 5.74) is 0.970. The summed E-state index contributed by atoms with van der Waals surface area (Å²) in [6, 6.07) is 12.0. The lowest BCUT2D eigenvalue weighted by Gasteiger charge is -2.01. The molecule has 5 heteroatoms. The van der Waals surface area contributed by atoms with Gasteiger partial charge in [0, 0.05) is 12.3 Å². The number of pyridine rings is 1. The molecular weight excluding hydrogens is 256 g/mol. The van der Waals surface area contributed by atoms with Crippen LogP contribution in [0.3, 0.4) is 0 Å². The minimum absolute atomic E-state index is 0.0716. The quantitative estimate of drug-likeness (QED) is 0.835. The van der Waals surface area contributed by atoms with Crippen molar-refractivity contribution in [1.29, 1.82) is 0 Å². The molecule has 0 aliphatic heterocycles. The maximum Gasteiger partial charge on any atom is 0.335 e. The van der Waals surface area contributed by atoms with Crippen LogP contribution in [0.4, 0.5) is 5.82 Å². The lowest BCUT2D eigenvalue weighted by molar-refractivity contribution is -0.111. The summed E-state index contributed by atoms with van der Waals surface area (Å²) in [6.07, 6.45) is 4.36. The zero-order valence-corrected chi connectivity index (χ0v) is 10.5. The van der Waals surface area contributed by atoms with Crippen molar-refractivity contribution in [1.82, 2.24) is 4.98 Å². The normalized spacial score (nSPS) is 10.4. The predicted octanol–water partition coefficient (Wildman–Crippen LogP) is 2.43. The number of rotatable bonds is 4. The number of carboxylic acids is 1. The number of hydrogen-bond donors (Lipinski definition) is 2. The second kappa shape index (κ2) is 6.29. The van der Waals surface area contributed by atoms with Crippen molar-refractivity contribution >= 4 is 23.8 Å². The van der Waals surface area contributed by atoms with E-state index in [-0.39, 0.29) is 17.3 Å². The van der Waals surface area contributed by atoms with Crippen LogP contribution in [0.25, 0.3) is 6.08 Å². The van der Waals surface area contributed by atoms with E-state index >= 15 is 0 Å². The van der Waals surface area contributed by atoms with Crippen LogP contribution >= 0.6 is 0 Å². The van der Waals surface area contributed by atoms with E-state index in [1.807, 2.05) is 30.3 Å². The van der Waals surface area contributed by atoms with Crippen molar-refractivity contribution in [3.8, 4) is 0 Å². The maximum atomic E-state index is 11.7. The number of nitrogens with zero attached hydrogens (tertiary/aromatic N) is 1. The fourth-order valence-electron chi connectivity index (χ4n) is 1.54. The average molecular weight is 268 g/mol. The van der Waals surface area contributed by atoms with Crippen molar-refractivity contribution in [2.45, 2.75) is 0 Å². The van der Waals surface area contributed by atoms with Crippen LogP contribution in [0.1, 0.15) is 15.9 Å². The van der Waals surface area contributed by atoms with Gasteiger partial charge in [-0.2, -0.15) is 0 Å². The van der Waals surface area contributed by atoms with Crippen LogP contribution in [0, 0.1) is 0 Å². The van der Waals surface area contributed by atoms with Crippen molar-refractivity contribution < 1.29 is 14.7 Å². The first-order valence-electron chi connectivity index (χ1n) is 5.88. The molecule has 1 heterocycles. The Morgan fingerprint density at radius 1 is 1.15 bits per heavy atom. The van der Waals surface area contributed by atoms with E-state index in [4.69, 9.17) is 5.11 Å². The molecule has 5 nitrogen and oxygen atoms in total. The highest BCUT2D eigenvalue weighted by Gasteiger charge is 2.05. The number of carboxylic acid groups (broad SMARTS) is 1. The fraction of sp³-hybridized carbons (Fsp3) is 0.